The molecule has 0 spiro atoms. The summed E-state index contributed by atoms with van der Waals surface area (Å²) in [6.07, 6.45) is 1.05. The van der Waals surface area contributed by atoms with Crippen molar-refractivity contribution in [1.82, 2.24) is 4.90 Å². The van der Waals surface area contributed by atoms with Gasteiger partial charge in [0.25, 0.3) is 0 Å². The lowest BCUT2D eigenvalue weighted by Gasteiger charge is -2.27. The molecule has 2 atom stereocenters. The number of ether oxygens (including phenoxy) is 2. The van der Waals surface area contributed by atoms with Gasteiger partial charge in [0.1, 0.15) is 6.10 Å². The summed E-state index contributed by atoms with van der Waals surface area (Å²) in [6.45, 7) is 0. The molecule has 2 aromatic carbocycles. The second-order valence-electron chi connectivity index (χ2n) is 6.23. The lowest BCUT2D eigenvalue weighted by molar-refractivity contribution is -0.159. The van der Waals surface area contributed by atoms with Gasteiger partial charge >= 0.3 is 11.9 Å². The van der Waals surface area contributed by atoms with Crippen LogP contribution in [0, 0.1) is 0 Å². The van der Waals surface area contributed by atoms with Crippen molar-refractivity contribution in [2.75, 3.05) is 21.2 Å². The van der Waals surface area contributed by atoms with Crippen LogP contribution in [0.1, 0.15) is 17.2 Å². The normalized spacial score (nSPS) is 17.5. The number of hydrogen-bond acceptors (Lipinski definition) is 5. The van der Waals surface area contributed by atoms with Crippen LogP contribution >= 0.6 is 0 Å². The van der Waals surface area contributed by atoms with Gasteiger partial charge in [0.2, 0.25) is 0 Å². The molecule has 0 radical (unpaired) electrons. The minimum Gasteiger partial charge on any atom is -0.493 e. The summed E-state index contributed by atoms with van der Waals surface area (Å²) < 4.78 is 11.7. The average Bonchev–Trinajstić information content (AvgIpc) is 3.01. The van der Waals surface area contributed by atoms with Crippen LogP contribution in [0.4, 0.5) is 0 Å². The van der Waals surface area contributed by atoms with Crippen molar-refractivity contribution in [1.29, 1.82) is 0 Å². The topological polar surface area (TPSA) is 96.3 Å². The number of methoxy groups -OCH3 is 1. The van der Waals surface area contributed by atoms with Gasteiger partial charge in [-0.1, -0.05) is 36.4 Å². The monoisotopic (exact) mass is 373 g/mol. The van der Waals surface area contributed by atoms with Crippen molar-refractivity contribution in [3.8, 4) is 11.5 Å². The molecular formula is C20H23NO6. The van der Waals surface area contributed by atoms with E-state index in [9.17, 15) is 0 Å². The van der Waals surface area contributed by atoms with Gasteiger partial charge in [-0.3, -0.25) is 0 Å². The molecule has 1 aliphatic rings. The Morgan fingerprint density at radius 1 is 0.963 bits per heavy atom. The Hall–Kier alpha value is -3.06. The van der Waals surface area contributed by atoms with Gasteiger partial charge in [0.15, 0.2) is 11.5 Å². The molecule has 0 amide bonds. The van der Waals surface area contributed by atoms with E-state index in [1.807, 2.05) is 24.3 Å². The lowest BCUT2D eigenvalue weighted by atomic mass is 10.1. The Bertz CT molecular complexity index is 793. The Balaban J connectivity index is 0.000000380. The Morgan fingerprint density at radius 3 is 2.07 bits per heavy atom. The van der Waals surface area contributed by atoms with E-state index in [0.717, 1.165) is 17.9 Å². The molecule has 0 heterocycles. The van der Waals surface area contributed by atoms with Crippen molar-refractivity contribution in [3.05, 3.63) is 59.7 Å². The van der Waals surface area contributed by atoms with E-state index in [1.54, 1.807) is 7.11 Å². The molecule has 27 heavy (non-hydrogen) atoms. The Labute approximate surface area is 157 Å². The smallest absolute Gasteiger partial charge is 0.414 e. The number of carboxylic acids is 2. The molecule has 7 heteroatoms. The van der Waals surface area contributed by atoms with Crippen LogP contribution in [0.2, 0.25) is 0 Å². The van der Waals surface area contributed by atoms with Crippen molar-refractivity contribution in [2.45, 2.75) is 18.6 Å². The largest absolute Gasteiger partial charge is 0.493 e. The molecule has 1 aliphatic carbocycles. The van der Waals surface area contributed by atoms with Crippen molar-refractivity contribution >= 4 is 11.9 Å². The molecule has 0 aliphatic heterocycles. The van der Waals surface area contributed by atoms with Gasteiger partial charge in [-0.15, -0.1) is 0 Å². The maximum absolute atomic E-state index is 9.10. The number of carboxylic acid groups (broad SMARTS) is 2. The van der Waals surface area contributed by atoms with E-state index in [1.165, 1.54) is 11.1 Å². The highest BCUT2D eigenvalue weighted by atomic mass is 16.5. The molecule has 2 N–H and O–H groups in total. The van der Waals surface area contributed by atoms with Crippen molar-refractivity contribution in [2.24, 2.45) is 0 Å². The van der Waals surface area contributed by atoms with Crippen LogP contribution in [0.25, 0.3) is 0 Å². The van der Waals surface area contributed by atoms with E-state index in [-0.39, 0.29) is 6.10 Å². The molecule has 0 saturated carbocycles. The summed E-state index contributed by atoms with van der Waals surface area (Å²) in [5.41, 5.74) is 2.65. The predicted octanol–water partition coefficient (Wildman–Crippen LogP) is 2.46. The number of fused-ring (bicyclic) bond motifs is 1. The van der Waals surface area contributed by atoms with Crippen LogP contribution in [0.15, 0.2) is 48.5 Å². The number of aliphatic carboxylic acids is 2. The van der Waals surface area contributed by atoms with Gasteiger partial charge in [0.05, 0.1) is 13.2 Å². The Kier molecular flexibility index (Phi) is 6.79. The van der Waals surface area contributed by atoms with E-state index < -0.39 is 11.9 Å². The number of carbonyl (C=O) groups is 2. The minimum absolute atomic E-state index is 0.0347. The first-order valence-corrected chi connectivity index (χ1v) is 8.35. The third kappa shape index (κ3) is 4.98. The SMILES string of the molecule is COc1ccccc1O[C@H]1c2ccccc2C[C@@H]1N(C)C.O=C(O)C(=O)O. The molecule has 0 unspecified atom stereocenters. The zero-order valence-corrected chi connectivity index (χ0v) is 15.5. The van der Waals surface area contributed by atoms with Crippen molar-refractivity contribution in [3.63, 3.8) is 0 Å². The fourth-order valence-electron chi connectivity index (χ4n) is 2.99. The number of rotatable bonds is 4. The first-order chi connectivity index (χ1) is 12.8. The fraction of sp³-hybridized carbons (Fsp3) is 0.300. The highest BCUT2D eigenvalue weighted by Gasteiger charge is 2.35. The number of nitrogens with zero attached hydrogens (tertiary/aromatic N) is 1. The summed E-state index contributed by atoms with van der Waals surface area (Å²) in [5.74, 6) is -2.07. The van der Waals surface area contributed by atoms with Gasteiger partial charge in [-0.2, -0.15) is 0 Å². The Morgan fingerprint density at radius 2 is 1.52 bits per heavy atom. The van der Waals surface area contributed by atoms with Gasteiger partial charge in [0, 0.05) is 0 Å². The molecule has 7 nitrogen and oxygen atoms in total. The molecule has 0 saturated heterocycles. The summed E-state index contributed by atoms with van der Waals surface area (Å²) in [4.78, 5) is 20.4. The quantitative estimate of drug-likeness (QED) is 0.795. The maximum Gasteiger partial charge on any atom is 0.414 e. The summed E-state index contributed by atoms with van der Waals surface area (Å²) >= 11 is 0. The van der Waals surface area contributed by atoms with Crippen LogP contribution in [-0.2, 0) is 16.0 Å². The van der Waals surface area contributed by atoms with E-state index in [0.29, 0.717) is 6.04 Å². The number of hydrogen-bond donors (Lipinski definition) is 2. The van der Waals surface area contributed by atoms with Gasteiger partial charge in [-0.05, 0) is 43.8 Å². The molecule has 3 rings (SSSR count). The first-order valence-electron chi connectivity index (χ1n) is 8.35. The standard InChI is InChI=1S/C18H21NO2.C2H2O4/c1-19(2)15-12-13-8-4-5-9-14(13)18(15)21-17-11-7-6-10-16(17)20-3;3-1(4)2(5)6/h4-11,15,18H,12H2,1-3H3;(H,3,4)(H,5,6)/t15-,18-;/m0./s1. The summed E-state index contributed by atoms with van der Waals surface area (Å²) in [5, 5.41) is 14.8. The third-order valence-corrected chi connectivity index (χ3v) is 4.31. The lowest BCUT2D eigenvalue weighted by Crippen LogP contribution is -2.34. The van der Waals surface area contributed by atoms with E-state index >= 15 is 0 Å². The number of para-hydroxylation sites is 2. The highest BCUT2D eigenvalue weighted by Crippen LogP contribution is 2.39. The molecule has 0 bridgehead atoms. The summed E-state index contributed by atoms with van der Waals surface area (Å²) in [6, 6.07) is 16.7. The van der Waals surface area contributed by atoms with Gasteiger partial charge in [-0.25, -0.2) is 9.59 Å². The zero-order valence-electron chi connectivity index (χ0n) is 15.5. The molecule has 2 aromatic rings. The second kappa shape index (κ2) is 9.05. The predicted molar refractivity (Wildman–Crippen MR) is 99.3 cm³/mol. The van der Waals surface area contributed by atoms with Crippen LogP contribution in [-0.4, -0.2) is 54.3 Å². The fourth-order valence-corrected chi connectivity index (χ4v) is 2.99. The van der Waals surface area contributed by atoms with Crippen LogP contribution in [0.5, 0.6) is 11.5 Å². The van der Waals surface area contributed by atoms with Gasteiger partial charge < -0.3 is 24.6 Å². The maximum atomic E-state index is 9.10. The molecular weight excluding hydrogens is 350 g/mol. The summed E-state index contributed by atoms with van der Waals surface area (Å²) in [7, 11) is 5.89. The molecule has 144 valence electrons. The third-order valence-electron chi connectivity index (χ3n) is 4.31. The van der Waals surface area contributed by atoms with Crippen LogP contribution in [0.3, 0.4) is 0 Å². The van der Waals surface area contributed by atoms with E-state index in [2.05, 4.69) is 43.3 Å². The zero-order chi connectivity index (χ0) is 20.0. The van der Waals surface area contributed by atoms with Crippen LogP contribution < -0.4 is 9.47 Å². The minimum atomic E-state index is -1.82. The molecule has 0 aromatic heterocycles. The molecule has 0 fully saturated rings. The average molecular weight is 373 g/mol. The highest BCUT2D eigenvalue weighted by molar-refractivity contribution is 6.27. The van der Waals surface area contributed by atoms with Crippen molar-refractivity contribution < 1.29 is 29.3 Å². The number of benzene rings is 2. The van der Waals surface area contributed by atoms with E-state index in [4.69, 9.17) is 29.3 Å². The second-order valence-corrected chi connectivity index (χ2v) is 6.23. The first kappa shape index (κ1) is 20.3. The number of likely N-dealkylation sites (N-methyl/N-ethyl adjacent to an activating group) is 1.